The number of carbonyl (C=O) groups is 3. The molecule has 34 heavy (non-hydrogen) atoms. The molecule has 3 rings (SSSR count). The summed E-state index contributed by atoms with van der Waals surface area (Å²) in [5, 5.41) is 10.9. The average Bonchev–Trinajstić information content (AvgIpc) is 2.77. The summed E-state index contributed by atoms with van der Waals surface area (Å²) in [4.78, 5) is 36.5. The second-order valence-electron chi connectivity index (χ2n) is 7.53. The second-order valence-corrected chi connectivity index (χ2v) is 9.03. The fourth-order valence-corrected chi connectivity index (χ4v) is 4.26. The highest BCUT2D eigenvalue weighted by Gasteiger charge is 2.31. The van der Waals surface area contributed by atoms with Crippen LogP contribution in [0.4, 0.5) is 18.9 Å². The van der Waals surface area contributed by atoms with Crippen LogP contribution >= 0.6 is 23.4 Å². The second kappa shape index (κ2) is 11.6. The molecule has 7 nitrogen and oxygen atoms in total. The van der Waals surface area contributed by atoms with Crippen molar-refractivity contribution in [1.29, 1.82) is 0 Å². The van der Waals surface area contributed by atoms with Gasteiger partial charge in [0.25, 0.3) is 0 Å². The summed E-state index contributed by atoms with van der Waals surface area (Å²) >= 11 is 6.93. The molecule has 1 heterocycles. The van der Waals surface area contributed by atoms with Crippen molar-refractivity contribution in [2.75, 3.05) is 11.1 Å². The number of benzene rings is 2. The van der Waals surface area contributed by atoms with Gasteiger partial charge in [-0.1, -0.05) is 41.9 Å². The molecule has 1 saturated heterocycles. The Hall–Kier alpha value is -2.76. The summed E-state index contributed by atoms with van der Waals surface area (Å²) in [6, 6.07) is 11.6. The van der Waals surface area contributed by atoms with Gasteiger partial charge in [0.1, 0.15) is 5.50 Å². The minimum Gasteiger partial charge on any atom is -0.352 e. The van der Waals surface area contributed by atoms with Crippen LogP contribution in [0, 0.1) is 0 Å². The number of thioether (sulfide) groups is 1. The van der Waals surface area contributed by atoms with E-state index in [4.69, 9.17) is 11.6 Å². The van der Waals surface area contributed by atoms with E-state index in [2.05, 4.69) is 21.3 Å². The van der Waals surface area contributed by atoms with Gasteiger partial charge >= 0.3 is 6.18 Å². The standard InChI is InChI=1S/C22H22ClF3N4O3S/c23-16-7-6-14(22(24,25)26)8-17(16)29-20(33)12-34-21-28-15(10-19(32)30-21)9-18(31)27-11-13-4-2-1-3-5-13/h1-8,15,21,28H,9-12H2,(H,27,31)(H,29,33)(H,30,32). The Morgan fingerprint density at radius 1 is 1.12 bits per heavy atom. The van der Waals surface area contributed by atoms with Crippen LogP contribution in [-0.4, -0.2) is 35.0 Å². The van der Waals surface area contributed by atoms with Crippen molar-refractivity contribution in [3.8, 4) is 0 Å². The first-order valence-electron chi connectivity index (χ1n) is 10.2. The molecule has 0 spiro atoms. The maximum Gasteiger partial charge on any atom is 0.416 e. The van der Waals surface area contributed by atoms with Crippen molar-refractivity contribution in [3.05, 3.63) is 64.7 Å². The maximum absolute atomic E-state index is 12.9. The SMILES string of the molecule is O=C(CC1CC(=O)NC(SCC(=O)Nc2cc(C(F)(F)F)ccc2Cl)N1)NCc1ccccc1. The molecule has 0 bridgehead atoms. The lowest BCUT2D eigenvalue weighted by Gasteiger charge is -2.30. The molecule has 1 aliphatic heterocycles. The van der Waals surface area contributed by atoms with Crippen LogP contribution in [0.2, 0.25) is 5.02 Å². The summed E-state index contributed by atoms with van der Waals surface area (Å²) < 4.78 is 38.7. The highest BCUT2D eigenvalue weighted by Crippen LogP contribution is 2.33. The van der Waals surface area contributed by atoms with Gasteiger partial charge in [-0.2, -0.15) is 13.2 Å². The molecule has 3 amide bonds. The Labute approximate surface area is 203 Å². The lowest BCUT2D eigenvalue weighted by atomic mass is 10.1. The number of amides is 3. The van der Waals surface area contributed by atoms with Crippen LogP contribution < -0.4 is 21.3 Å². The Kier molecular flexibility index (Phi) is 8.81. The lowest BCUT2D eigenvalue weighted by Crippen LogP contribution is -2.56. The zero-order valence-corrected chi connectivity index (χ0v) is 19.3. The zero-order chi connectivity index (χ0) is 24.7. The Morgan fingerprint density at radius 3 is 2.56 bits per heavy atom. The summed E-state index contributed by atoms with van der Waals surface area (Å²) in [7, 11) is 0. The molecule has 1 aliphatic rings. The molecule has 0 saturated carbocycles. The van der Waals surface area contributed by atoms with Gasteiger partial charge in [-0.05, 0) is 23.8 Å². The third-order valence-corrected chi connectivity index (χ3v) is 6.17. The van der Waals surface area contributed by atoms with Crippen molar-refractivity contribution >= 4 is 46.8 Å². The largest absolute Gasteiger partial charge is 0.416 e. The van der Waals surface area contributed by atoms with Crippen molar-refractivity contribution in [2.24, 2.45) is 0 Å². The van der Waals surface area contributed by atoms with E-state index < -0.39 is 29.2 Å². The quantitative estimate of drug-likeness (QED) is 0.432. The molecule has 0 aliphatic carbocycles. The first-order valence-corrected chi connectivity index (χ1v) is 11.7. The van der Waals surface area contributed by atoms with Gasteiger partial charge in [-0.3, -0.25) is 19.7 Å². The van der Waals surface area contributed by atoms with E-state index in [9.17, 15) is 27.6 Å². The van der Waals surface area contributed by atoms with Crippen molar-refractivity contribution in [3.63, 3.8) is 0 Å². The van der Waals surface area contributed by atoms with E-state index in [0.717, 1.165) is 35.5 Å². The van der Waals surface area contributed by atoms with Gasteiger partial charge in [-0.25, -0.2) is 0 Å². The van der Waals surface area contributed by atoms with Gasteiger partial charge in [0.05, 0.1) is 22.0 Å². The topological polar surface area (TPSA) is 99.3 Å². The number of anilines is 1. The number of halogens is 4. The van der Waals surface area contributed by atoms with Crippen molar-refractivity contribution in [1.82, 2.24) is 16.0 Å². The van der Waals surface area contributed by atoms with Crippen LogP contribution in [0.1, 0.15) is 24.0 Å². The first-order chi connectivity index (χ1) is 16.1. The molecule has 12 heteroatoms. The van der Waals surface area contributed by atoms with E-state index in [0.29, 0.717) is 6.54 Å². The average molecular weight is 515 g/mol. The molecule has 2 atom stereocenters. The van der Waals surface area contributed by atoms with E-state index in [1.165, 1.54) is 0 Å². The third-order valence-electron chi connectivity index (χ3n) is 4.82. The number of hydrogen-bond acceptors (Lipinski definition) is 5. The summed E-state index contributed by atoms with van der Waals surface area (Å²) in [6.45, 7) is 0.370. The van der Waals surface area contributed by atoms with Gasteiger partial charge in [-0.15, -0.1) is 11.8 Å². The van der Waals surface area contributed by atoms with Gasteiger partial charge < -0.3 is 16.0 Å². The molecule has 2 unspecified atom stereocenters. The lowest BCUT2D eigenvalue weighted by molar-refractivity contribution is -0.137. The highest BCUT2D eigenvalue weighted by atomic mass is 35.5. The van der Waals surface area contributed by atoms with E-state index in [-0.39, 0.29) is 41.1 Å². The molecule has 2 aromatic rings. The van der Waals surface area contributed by atoms with Crippen LogP contribution in [0.15, 0.2) is 48.5 Å². The van der Waals surface area contributed by atoms with Gasteiger partial charge in [0.2, 0.25) is 17.7 Å². The van der Waals surface area contributed by atoms with E-state index >= 15 is 0 Å². The number of hydrogen-bond donors (Lipinski definition) is 4. The Bertz CT molecular complexity index is 1040. The number of nitrogens with one attached hydrogen (secondary N) is 4. The zero-order valence-electron chi connectivity index (χ0n) is 17.7. The number of alkyl halides is 3. The normalized spacial score (nSPS) is 18.2. The number of carbonyl (C=O) groups excluding carboxylic acids is 3. The predicted molar refractivity (Wildman–Crippen MR) is 124 cm³/mol. The molecular weight excluding hydrogens is 493 g/mol. The first kappa shape index (κ1) is 25.9. The van der Waals surface area contributed by atoms with Crippen LogP contribution in [0.5, 0.6) is 0 Å². The van der Waals surface area contributed by atoms with E-state index in [1.807, 2.05) is 30.3 Å². The predicted octanol–water partition coefficient (Wildman–Crippen LogP) is 3.50. The fraction of sp³-hybridized carbons (Fsp3) is 0.318. The third kappa shape index (κ3) is 7.93. The summed E-state index contributed by atoms with van der Waals surface area (Å²) in [5.41, 5.74) is -0.786. The molecule has 2 aromatic carbocycles. The minimum atomic E-state index is -4.57. The van der Waals surface area contributed by atoms with Crippen LogP contribution in [0.25, 0.3) is 0 Å². The molecule has 0 aromatic heterocycles. The fourth-order valence-electron chi connectivity index (χ4n) is 3.20. The smallest absolute Gasteiger partial charge is 0.352 e. The molecular formula is C22H22ClF3N4O3S. The number of rotatable bonds is 8. The summed E-state index contributed by atoms with van der Waals surface area (Å²) in [5.74, 6) is -1.27. The van der Waals surface area contributed by atoms with Crippen molar-refractivity contribution < 1.29 is 27.6 Å². The molecule has 182 valence electrons. The minimum absolute atomic E-state index is 0.0305. The monoisotopic (exact) mass is 514 g/mol. The maximum atomic E-state index is 12.9. The van der Waals surface area contributed by atoms with Crippen LogP contribution in [0.3, 0.4) is 0 Å². The molecule has 1 fully saturated rings. The Morgan fingerprint density at radius 2 is 1.85 bits per heavy atom. The van der Waals surface area contributed by atoms with Crippen LogP contribution in [-0.2, 0) is 27.1 Å². The van der Waals surface area contributed by atoms with Gasteiger partial charge in [0.15, 0.2) is 0 Å². The van der Waals surface area contributed by atoms with Gasteiger partial charge in [0, 0.05) is 25.4 Å². The van der Waals surface area contributed by atoms with E-state index in [1.54, 1.807) is 0 Å². The Balaban J connectivity index is 1.47. The molecule has 0 radical (unpaired) electrons. The highest BCUT2D eigenvalue weighted by molar-refractivity contribution is 8.00. The summed E-state index contributed by atoms with van der Waals surface area (Å²) in [6.07, 6.45) is -4.40. The van der Waals surface area contributed by atoms with Crippen molar-refractivity contribution in [2.45, 2.75) is 37.1 Å². The molecule has 4 N–H and O–H groups in total.